The third-order valence-electron chi connectivity index (χ3n) is 4.31. The average molecular weight is 299 g/mol. The molecule has 4 nitrogen and oxygen atoms in total. The minimum absolute atomic E-state index is 0.512. The van der Waals surface area contributed by atoms with Crippen molar-refractivity contribution in [3.8, 4) is 0 Å². The smallest absolute Gasteiger partial charge is 0.191 e. The van der Waals surface area contributed by atoms with Crippen molar-refractivity contribution in [2.75, 3.05) is 24.6 Å². The summed E-state index contributed by atoms with van der Waals surface area (Å²) in [6.07, 6.45) is 5.92. The number of nitrogens with zero attached hydrogens (tertiary/aromatic N) is 1. The van der Waals surface area contributed by atoms with Crippen LogP contribution in [0.15, 0.2) is 4.99 Å². The maximum atomic E-state index is 10.4. The molecule has 0 bridgehead atoms. The Balaban J connectivity index is 1.85. The van der Waals surface area contributed by atoms with Crippen LogP contribution in [0.25, 0.3) is 0 Å². The molecule has 5 heteroatoms. The summed E-state index contributed by atoms with van der Waals surface area (Å²) in [7, 11) is 0. The summed E-state index contributed by atoms with van der Waals surface area (Å²) >= 11 is 1.82. The molecule has 116 valence electrons. The molecule has 2 rings (SSSR count). The van der Waals surface area contributed by atoms with E-state index in [1.807, 2.05) is 11.8 Å². The lowest BCUT2D eigenvalue weighted by molar-refractivity contribution is 0.0778. The van der Waals surface area contributed by atoms with Gasteiger partial charge in [0, 0.05) is 18.3 Å². The fourth-order valence-corrected chi connectivity index (χ4v) is 4.15. The van der Waals surface area contributed by atoms with Crippen molar-refractivity contribution < 1.29 is 5.11 Å². The summed E-state index contributed by atoms with van der Waals surface area (Å²) in [6, 6.07) is 0.539. The van der Waals surface area contributed by atoms with E-state index in [1.54, 1.807) is 0 Å². The summed E-state index contributed by atoms with van der Waals surface area (Å²) in [6.45, 7) is 5.80. The van der Waals surface area contributed by atoms with Crippen molar-refractivity contribution in [1.82, 2.24) is 10.6 Å². The van der Waals surface area contributed by atoms with Crippen molar-refractivity contribution in [2.24, 2.45) is 10.9 Å². The lowest BCUT2D eigenvalue weighted by Crippen LogP contribution is -2.45. The highest BCUT2D eigenvalue weighted by atomic mass is 32.2. The van der Waals surface area contributed by atoms with Gasteiger partial charge >= 0.3 is 0 Å². The Bertz CT molecular complexity index is 321. The van der Waals surface area contributed by atoms with Crippen LogP contribution in [-0.4, -0.2) is 47.3 Å². The van der Waals surface area contributed by atoms with E-state index in [2.05, 4.69) is 29.5 Å². The van der Waals surface area contributed by atoms with E-state index in [-0.39, 0.29) is 0 Å². The second kappa shape index (κ2) is 7.55. The summed E-state index contributed by atoms with van der Waals surface area (Å²) in [5.41, 5.74) is -0.589. The van der Waals surface area contributed by atoms with Gasteiger partial charge in [-0.25, -0.2) is 0 Å². The molecule has 3 N–H and O–H groups in total. The largest absolute Gasteiger partial charge is 0.387 e. The predicted molar refractivity (Wildman–Crippen MR) is 87.4 cm³/mol. The number of hydrogen-bond acceptors (Lipinski definition) is 3. The second-order valence-electron chi connectivity index (χ2n) is 6.32. The van der Waals surface area contributed by atoms with E-state index in [9.17, 15) is 5.11 Å². The molecule has 1 atom stereocenters. The van der Waals surface area contributed by atoms with Crippen LogP contribution < -0.4 is 10.6 Å². The zero-order valence-electron chi connectivity index (χ0n) is 12.8. The van der Waals surface area contributed by atoms with Crippen LogP contribution in [-0.2, 0) is 0 Å². The van der Waals surface area contributed by atoms with Gasteiger partial charge in [-0.15, -0.1) is 0 Å². The van der Waals surface area contributed by atoms with E-state index < -0.39 is 5.60 Å². The van der Waals surface area contributed by atoms with Crippen molar-refractivity contribution in [1.29, 1.82) is 0 Å². The number of aliphatic imine (C=N–C) groups is 1. The molecule has 1 saturated heterocycles. The minimum Gasteiger partial charge on any atom is -0.387 e. The normalized spacial score (nSPS) is 35.0. The van der Waals surface area contributed by atoms with Crippen LogP contribution >= 0.6 is 11.8 Å². The molecule has 0 aromatic heterocycles. The van der Waals surface area contributed by atoms with Gasteiger partial charge in [0.15, 0.2) is 5.96 Å². The van der Waals surface area contributed by atoms with Crippen LogP contribution in [0.3, 0.4) is 0 Å². The van der Waals surface area contributed by atoms with E-state index >= 15 is 0 Å². The van der Waals surface area contributed by atoms with Gasteiger partial charge in [0.25, 0.3) is 0 Å². The van der Waals surface area contributed by atoms with E-state index in [4.69, 9.17) is 0 Å². The first-order valence-electron chi connectivity index (χ1n) is 7.96. The van der Waals surface area contributed by atoms with Gasteiger partial charge in [-0.1, -0.05) is 6.92 Å². The molecule has 1 aliphatic heterocycles. The molecule has 0 spiro atoms. The van der Waals surface area contributed by atoms with Crippen molar-refractivity contribution in [3.05, 3.63) is 0 Å². The Morgan fingerprint density at radius 2 is 2.10 bits per heavy atom. The Kier molecular flexibility index (Phi) is 6.02. The van der Waals surface area contributed by atoms with Gasteiger partial charge in [-0.3, -0.25) is 4.99 Å². The fourth-order valence-electron chi connectivity index (χ4n) is 2.87. The topological polar surface area (TPSA) is 56.7 Å². The Morgan fingerprint density at radius 1 is 1.35 bits per heavy atom. The molecule has 2 aliphatic rings. The van der Waals surface area contributed by atoms with Crippen LogP contribution in [0.2, 0.25) is 0 Å². The van der Waals surface area contributed by atoms with Gasteiger partial charge in [-0.05, 0) is 50.7 Å². The van der Waals surface area contributed by atoms with Gasteiger partial charge in [0.2, 0.25) is 0 Å². The fraction of sp³-hybridized carbons (Fsp3) is 0.933. The molecule has 2 fully saturated rings. The highest BCUT2D eigenvalue weighted by Crippen LogP contribution is 2.28. The van der Waals surface area contributed by atoms with Crippen molar-refractivity contribution >= 4 is 17.7 Å². The second-order valence-corrected chi connectivity index (χ2v) is 7.43. The molecule has 0 radical (unpaired) electrons. The highest BCUT2D eigenvalue weighted by Gasteiger charge is 2.31. The highest BCUT2D eigenvalue weighted by molar-refractivity contribution is 7.99. The van der Waals surface area contributed by atoms with Gasteiger partial charge in [0.1, 0.15) is 0 Å². The SMILES string of the molecule is CCNC(=NCC1(O)CCSC1)NC1CCC(C)CC1. The number of guanidine groups is 1. The minimum atomic E-state index is -0.589. The molecule has 0 amide bonds. The van der Waals surface area contributed by atoms with Gasteiger partial charge < -0.3 is 15.7 Å². The number of rotatable bonds is 4. The standard InChI is InChI=1S/C15H29N3OS/c1-3-16-14(17-10-15(19)8-9-20-11-15)18-13-6-4-12(2)5-7-13/h12-13,19H,3-11H2,1-2H3,(H2,16,17,18). The number of aliphatic hydroxyl groups is 1. The van der Waals surface area contributed by atoms with Crippen molar-refractivity contribution in [2.45, 2.75) is 57.6 Å². The zero-order valence-corrected chi connectivity index (χ0v) is 13.6. The lowest BCUT2D eigenvalue weighted by Gasteiger charge is -2.28. The number of hydrogen-bond donors (Lipinski definition) is 3. The summed E-state index contributed by atoms with van der Waals surface area (Å²) < 4.78 is 0. The monoisotopic (exact) mass is 299 g/mol. The van der Waals surface area contributed by atoms with Crippen LogP contribution in [0.4, 0.5) is 0 Å². The third-order valence-corrected chi connectivity index (χ3v) is 5.55. The first-order valence-corrected chi connectivity index (χ1v) is 9.12. The van der Waals surface area contributed by atoms with Crippen LogP contribution in [0, 0.1) is 5.92 Å². The maximum Gasteiger partial charge on any atom is 0.191 e. The molecule has 1 saturated carbocycles. The van der Waals surface area contributed by atoms with Gasteiger partial charge in [-0.2, -0.15) is 11.8 Å². The van der Waals surface area contributed by atoms with Crippen molar-refractivity contribution in [3.63, 3.8) is 0 Å². The van der Waals surface area contributed by atoms with E-state index in [0.717, 1.165) is 36.3 Å². The summed E-state index contributed by atoms with van der Waals surface area (Å²) in [5, 5.41) is 17.2. The first kappa shape index (κ1) is 16.0. The zero-order chi connectivity index (χ0) is 14.4. The van der Waals surface area contributed by atoms with Gasteiger partial charge in [0.05, 0.1) is 12.1 Å². The third kappa shape index (κ3) is 4.85. The molecule has 1 heterocycles. The Morgan fingerprint density at radius 3 is 2.70 bits per heavy atom. The summed E-state index contributed by atoms with van der Waals surface area (Å²) in [4.78, 5) is 4.61. The van der Waals surface area contributed by atoms with E-state index in [0.29, 0.717) is 12.6 Å². The molecule has 20 heavy (non-hydrogen) atoms. The average Bonchev–Trinajstić information content (AvgIpc) is 2.86. The molecule has 1 aliphatic carbocycles. The number of nitrogens with one attached hydrogen (secondary N) is 2. The molecular formula is C15H29N3OS. The molecule has 1 unspecified atom stereocenters. The predicted octanol–water partition coefficient (Wildman–Crippen LogP) is 1.99. The lowest BCUT2D eigenvalue weighted by atomic mass is 9.87. The van der Waals surface area contributed by atoms with Crippen LogP contribution in [0.1, 0.15) is 46.0 Å². The quantitative estimate of drug-likeness (QED) is 0.549. The molecule has 0 aromatic rings. The van der Waals surface area contributed by atoms with Crippen LogP contribution in [0.5, 0.6) is 0 Å². The molecular weight excluding hydrogens is 270 g/mol. The summed E-state index contributed by atoms with van der Waals surface area (Å²) in [5.74, 6) is 3.61. The molecule has 0 aromatic carbocycles. The number of thioether (sulfide) groups is 1. The first-order chi connectivity index (χ1) is 9.61. The van der Waals surface area contributed by atoms with E-state index in [1.165, 1.54) is 25.7 Å². The maximum absolute atomic E-state index is 10.4. The Labute approximate surface area is 127 Å². The Hall–Kier alpha value is -0.420.